The van der Waals surface area contributed by atoms with Gasteiger partial charge in [-0.1, -0.05) is 12.1 Å². The number of phenolic OH excluding ortho intramolecular Hbond substituents is 1. The van der Waals surface area contributed by atoms with Crippen LogP contribution in [0.4, 0.5) is 5.69 Å². The van der Waals surface area contributed by atoms with Crippen molar-refractivity contribution in [2.24, 2.45) is 0 Å². The summed E-state index contributed by atoms with van der Waals surface area (Å²) in [6, 6.07) is 11.2. The number of carbonyl (C=O) groups excluding carboxylic acids is 1. The molecule has 2 rings (SSSR count). The number of anilines is 1. The smallest absolute Gasteiger partial charge is 0.251 e. The van der Waals surface area contributed by atoms with Crippen molar-refractivity contribution in [3.63, 3.8) is 0 Å². The molecule has 1 amide bonds. The van der Waals surface area contributed by atoms with Crippen LogP contribution in [0.2, 0.25) is 0 Å². The molecule has 110 valence electrons. The molecule has 0 unspecified atom stereocenters. The Balaban J connectivity index is 2.06. The summed E-state index contributed by atoms with van der Waals surface area (Å²) in [7, 11) is 1.62. The minimum Gasteiger partial charge on any atom is -0.508 e. The van der Waals surface area contributed by atoms with Crippen molar-refractivity contribution < 1.29 is 9.90 Å². The molecule has 0 aromatic heterocycles. The molecule has 0 radical (unpaired) electrons. The number of phenols is 1. The van der Waals surface area contributed by atoms with E-state index in [1.807, 2.05) is 44.2 Å². The molecule has 0 heterocycles. The molecular formula is C17H20N2O2. The van der Waals surface area contributed by atoms with Crippen LogP contribution in [-0.4, -0.2) is 18.1 Å². The van der Waals surface area contributed by atoms with Gasteiger partial charge in [0, 0.05) is 24.8 Å². The highest BCUT2D eigenvalue weighted by atomic mass is 16.3. The summed E-state index contributed by atoms with van der Waals surface area (Å²) in [4.78, 5) is 11.5. The first-order valence-corrected chi connectivity index (χ1v) is 6.86. The van der Waals surface area contributed by atoms with Gasteiger partial charge < -0.3 is 15.7 Å². The summed E-state index contributed by atoms with van der Waals surface area (Å²) in [5.74, 6) is 0.229. The van der Waals surface area contributed by atoms with E-state index in [0.717, 1.165) is 22.4 Å². The number of nitrogens with one attached hydrogen (secondary N) is 2. The quantitative estimate of drug-likeness (QED) is 0.756. The summed E-state index contributed by atoms with van der Waals surface area (Å²) < 4.78 is 0. The Morgan fingerprint density at radius 1 is 1.10 bits per heavy atom. The fourth-order valence-electron chi connectivity index (χ4n) is 2.11. The second-order valence-corrected chi connectivity index (χ2v) is 5.08. The van der Waals surface area contributed by atoms with Crippen LogP contribution in [0.5, 0.6) is 5.75 Å². The maximum atomic E-state index is 11.5. The molecule has 3 N–H and O–H groups in total. The molecule has 21 heavy (non-hydrogen) atoms. The van der Waals surface area contributed by atoms with Gasteiger partial charge >= 0.3 is 0 Å². The Morgan fingerprint density at radius 3 is 2.38 bits per heavy atom. The number of aromatic hydroxyl groups is 1. The van der Waals surface area contributed by atoms with Gasteiger partial charge in [0.2, 0.25) is 0 Å². The predicted molar refractivity (Wildman–Crippen MR) is 84.7 cm³/mol. The van der Waals surface area contributed by atoms with Crippen LogP contribution in [-0.2, 0) is 6.54 Å². The summed E-state index contributed by atoms with van der Waals surface area (Å²) in [6.45, 7) is 4.49. The fraction of sp³-hybridized carbons (Fsp3) is 0.235. The molecule has 4 heteroatoms. The van der Waals surface area contributed by atoms with Crippen LogP contribution in [0.25, 0.3) is 0 Å². The maximum absolute atomic E-state index is 11.5. The molecule has 0 saturated carbocycles. The molecule has 0 aliphatic heterocycles. The van der Waals surface area contributed by atoms with Gasteiger partial charge in [-0.25, -0.2) is 0 Å². The monoisotopic (exact) mass is 284 g/mol. The number of aryl methyl sites for hydroxylation is 2. The second kappa shape index (κ2) is 6.31. The number of hydrogen-bond donors (Lipinski definition) is 3. The van der Waals surface area contributed by atoms with E-state index in [1.165, 1.54) is 0 Å². The number of rotatable bonds is 4. The molecule has 0 aliphatic rings. The van der Waals surface area contributed by atoms with Crippen LogP contribution < -0.4 is 10.6 Å². The third-order valence-corrected chi connectivity index (χ3v) is 3.47. The predicted octanol–water partition coefficient (Wildman–Crippen LogP) is 2.98. The molecule has 0 bridgehead atoms. The summed E-state index contributed by atoms with van der Waals surface area (Å²) in [6.07, 6.45) is 0. The van der Waals surface area contributed by atoms with E-state index in [9.17, 15) is 9.90 Å². The zero-order valence-electron chi connectivity index (χ0n) is 12.5. The van der Waals surface area contributed by atoms with Crippen molar-refractivity contribution >= 4 is 11.6 Å². The number of hydrogen-bond acceptors (Lipinski definition) is 3. The molecule has 2 aromatic rings. The van der Waals surface area contributed by atoms with Gasteiger partial charge in [-0.2, -0.15) is 0 Å². The highest BCUT2D eigenvalue weighted by Gasteiger charge is 2.05. The van der Waals surface area contributed by atoms with Crippen molar-refractivity contribution in [3.05, 3.63) is 58.7 Å². The third-order valence-electron chi connectivity index (χ3n) is 3.47. The SMILES string of the molecule is CNC(=O)c1ccc(CNc2cc(C)c(O)cc2C)cc1. The van der Waals surface area contributed by atoms with Crippen molar-refractivity contribution in [1.29, 1.82) is 0 Å². The maximum Gasteiger partial charge on any atom is 0.251 e. The Morgan fingerprint density at radius 2 is 1.76 bits per heavy atom. The highest BCUT2D eigenvalue weighted by molar-refractivity contribution is 5.93. The largest absolute Gasteiger partial charge is 0.508 e. The molecule has 0 saturated heterocycles. The third kappa shape index (κ3) is 3.54. The molecule has 2 aromatic carbocycles. The lowest BCUT2D eigenvalue weighted by atomic mass is 10.1. The standard InChI is InChI=1S/C17H20N2O2/c1-11-9-16(20)12(2)8-15(11)19-10-13-4-6-14(7-5-13)17(21)18-3/h4-9,19-20H,10H2,1-3H3,(H,18,21). The lowest BCUT2D eigenvalue weighted by molar-refractivity contribution is 0.0963. The molecular weight excluding hydrogens is 264 g/mol. The van der Waals surface area contributed by atoms with Crippen LogP contribution in [0.15, 0.2) is 36.4 Å². The first-order chi connectivity index (χ1) is 10.0. The van der Waals surface area contributed by atoms with Gasteiger partial charge in [0.25, 0.3) is 5.91 Å². The Labute approximate surface area is 124 Å². The number of carbonyl (C=O) groups is 1. The molecule has 0 atom stereocenters. The molecule has 0 spiro atoms. The van der Waals surface area contributed by atoms with Crippen molar-refractivity contribution in [3.8, 4) is 5.75 Å². The summed E-state index contributed by atoms with van der Waals surface area (Å²) in [5.41, 5.74) is 4.59. The zero-order chi connectivity index (χ0) is 15.4. The van der Waals surface area contributed by atoms with E-state index in [2.05, 4.69) is 10.6 Å². The lowest BCUT2D eigenvalue weighted by Crippen LogP contribution is -2.17. The van der Waals surface area contributed by atoms with E-state index >= 15 is 0 Å². The van der Waals surface area contributed by atoms with E-state index in [0.29, 0.717) is 17.9 Å². The Kier molecular flexibility index (Phi) is 4.48. The number of amides is 1. The highest BCUT2D eigenvalue weighted by Crippen LogP contribution is 2.25. The summed E-state index contributed by atoms with van der Waals surface area (Å²) >= 11 is 0. The van der Waals surface area contributed by atoms with Crippen molar-refractivity contribution in [2.75, 3.05) is 12.4 Å². The van der Waals surface area contributed by atoms with Crippen LogP contribution in [0, 0.1) is 13.8 Å². The Hall–Kier alpha value is -2.49. The minimum absolute atomic E-state index is 0.0838. The second-order valence-electron chi connectivity index (χ2n) is 5.08. The van der Waals surface area contributed by atoms with Gasteiger partial charge in [0.05, 0.1) is 0 Å². The van der Waals surface area contributed by atoms with Crippen molar-refractivity contribution in [2.45, 2.75) is 20.4 Å². The molecule has 0 aliphatic carbocycles. The first-order valence-electron chi connectivity index (χ1n) is 6.86. The van der Waals surface area contributed by atoms with Crippen LogP contribution in [0.3, 0.4) is 0 Å². The Bertz CT molecular complexity index is 649. The number of benzene rings is 2. The van der Waals surface area contributed by atoms with Gasteiger partial charge in [-0.15, -0.1) is 0 Å². The first kappa shape index (κ1) is 14.9. The minimum atomic E-state index is -0.0838. The fourth-order valence-corrected chi connectivity index (χ4v) is 2.11. The topological polar surface area (TPSA) is 61.4 Å². The van der Waals surface area contributed by atoms with E-state index in [4.69, 9.17) is 0 Å². The summed E-state index contributed by atoms with van der Waals surface area (Å²) in [5, 5.41) is 15.6. The van der Waals surface area contributed by atoms with Crippen LogP contribution in [0.1, 0.15) is 27.0 Å². The van der Waals surface area contributed by atoms with Gasteiger partial charge in [-0.3, -0.25) is 4.79 Å². The van der Waals surface area contributed by atoms with E-state index < -0.39 is 0 Å². The van der Waals surface area contributed by atoms with E-state index in [-0.39, 0.29) is 5.91 Å². The lowest BCUT2D eigenvalue weighted by Gasteiger charge is -2.12. The molecule has 0 fully saturated rings. The molecule has 4 nitrogen and oxygen atoms in total. The van der Waals surface area contributed by atoms with Gasteiger partial charge in [-0.05, 0) is 54.8 Å². The van der Waals surface area contributed by atoms with Crippen LogP contribution >= 0.6 is 0 Å². The average molecular weight is 284 g/mol. The normalized spacial score (nSPS) is 10.2. The van der Waals surface area contributed by atoms with Crippen molar-refractivity contribution in [1.82, 2.24) is 5.32 Å². The van der Waals surface area contributed by atoms with Gasteiger partial charge in [0.15, 0.2) is 0 Å². The van der Waals surface area contributed by atoms with E-state index in [1.54, 1.807) is 13.1 Å². The zero-order valence-corrected chi connectivity index (χ0v) is 12.5. The van der Waals surface area contributed by atoms with Gasteiger partial charge in [0.1, 0.15) is 5.75 Å². The average Bonchev–Trinajstić information content (AvgIpc) is 2.49.